The van der Waals surface area contributed by atoms with Crippen LogP contribution in [0.3, 0.4) is 0 Å². The molecule has 2 rings (SSSR count). The number of hydrogen-bond acceptors (Lipinski definition) is 2. The minimum Gasteiger partial charge on any atom is -0.403 e. The highest BCUT2D eigenvalue weighted by molar-refractivity contribution is 6.46. The van der Waals surface area contributed by atoms with E-state index >= 15 is 0 Å². The fourth-order valence-electron chi connectivity index (χ4n) is 3.07. The molecule has 0 aromatic carbocycles. The van der Waals surface area contributed by atoms with E-state index in [4.69, 9.17) is 9.31 Å². The van der Waals surface area contributed by atoms with Crippen LogP contribution in [0.1, 0.15) is 66.7 Å². The Labute approximate surface area is 119 Å². The summed E-state index contributed by atoms with van der Waals surface area (Å²) in [5.41, 5.74) is 1.13. The molecule has 108 valence electrons. The Morgan fingerprint density at radius 1 is 1.05 bits per heavy atom. The molecular formula is C16H29BO2. The third-order valence-corrected chi connectivity index (χ3v) is 5.18. The molecular weight excluding hydrogens is 235 g/mol. The summed E-state index contributed by atoms with van der Waals surface area (Å²) in [5.74, 6) is 0.802. The van der Waals surface area contributed by atoms with Crippen molar-refractivity contribution in [2.75, 3.05) is 0 Å². The molecule has 0 spiro atoms. The van der Waals surface area contributed by atoms with Gasteiger partial charge in [0.15, 0.2) is 0 Å². The number of rotatable bonds is 3. The molecule has 19 heavy (non-hydrogen) atoms. The monoisotopic (exact) mass is 264 g/mol. The van der Waals surface area contributed by atoms with Crippen molar-refractivity contribution in [2.24, 2.45) is 5.92 Å². The van der Waals surface area contributed by atoms with E-state index in [0.29, 0.717) is 0 Å². The summed E-state index contributed by atoms with van der Waals surface area (Å²) in [7, 11) is -0.0801. The Morgan fingerprint density at radius 3 is 2.11 bits per heavy atom. The molecule has 0 atom stereocenters. The van der Waals surface area contributed by atoms with E-state index in [2.05, 4.69) is 40.7 Å². The molecule has 0 unspecified atom stereocenters. The predicted molar refractivity (Wildman–Crippen MR) is 81.2 cm³/mol. The lowest BCUT2D eigenvalue weighted by molar-refractivity contribution is 0.00578. The average molecular weight is 264 g/mol. The van der Waals surface area contributed by atoms with Crippen molar-refractivity contribution in [2.45, 2.75) is 84.2 Å². The van der Waals surface area contributed by atoms with Crippen molar-refractivity contribution >= 4 is 7.12 Å². The van der Waals surface area contributed by atoms with Crippen molar-refractivity contribution < 1.29 is 9.31 Å². The normalized spacial score (nSPS) is 27.8. The third-order valence-electron chi connectivity index (χ3n) is 5.18. The lowest BCUT2D eigenvalue weighted by Gasteiger charge is -2.32. The molecule has 0 radical (unpaired) electrons. The highest BCUT2D eigenvalue weighted by Gasteiger charge is 2.50. The van der Waals surface area contributed by atoms with E-state index in [1.165, 1.54) is 37.7 Å². The molecule has 0 aromatic heterocycles. The number of hydrogen-bond donors (Lipinski definition) is 0. The van der Waals surface area contributed by atoms with Crippen molar-refractivity contribution in [3.8, 4) is 0 Å². The zero-order chi connectivity index (χ0) is 14.1. The van der Waals surface area contributed by atoms with Crippen LogP contribution in [0.2, 0.25) is 6.32 Å². The van der Waals surface area contributed by atoms with Gasteiger partial charge in [0.1, 0.15) is 0 Å². The molecule has 1 aliphatic carbocycles. The van der Waals surface area contributed by atoms with Crippen LogP contribution in [0.5, 0.6) is 0 Å². The van der Waals surface area contributed by atoms with Gasteiger partial charge in [-0.25, -0.2) is 0 Å². The first kappa shape index (κ1) is 15.1. The predicted octanol–water partition coefficient (Wildman–Crippen LogP) is 4.61. The molecule has 2 aliphatic rings. The van der Waals surface area contributed by atoms with Gasteiger partial charge < -0.3 is 9.31 Å². The average Bonchev–Trinajstić information content (AvgIpc) is 2.56. The van der Waals surface area contributed by atoms with Crippen LogP contribution in [0.15, 0.2) is 11.6 Å². The summed E-state index contributed by atoms with van der Waals surface area (Å²) in [4.78, 5) is 0. The maximum absolute atomic E-state index is 6.03. The quantitative estimate of drug-likeness (QED) is 0.547. The molecule has 0 amide bonds. The first-order valence-electron chi connectivity index (χ1n) is 7.84. The Hall–Kier alpha value is -0.275. The van der Waals surface area contributed by atoms with Gasteiger partial charge in [0.05, 0.1) is 11.2 Å². The maximum atomic E-state index is 6.03. The minimum atomic E-state index is -0.204. The van der Waals surface area contributed by atoms with Gasteiger partial charge in [-0.05, 0) is 53.4 Å². The zero-order valence-corrected chi connectivity index (χ0v) is 13.3. The van der Waals surface area contributed by atoms with E-state index < -0.39 is 0 Å². The first-order chi connectivity index (χ1) is 8.82. The second-order valence-electron chi connectivity index (χ2n) is 7.20. The van der Waals surface area contributed by atoms with Crippen molar-refractivity contribution in [3.63, 3.8) is 0 Å². The lowest BCUT2D eigenvalue weighted by Crippen LogP contribution is -2.41. The molecule has 0 bridgehead atoms. The van der Waals surface area contributed by atoms with Crippen LogP contribution >= 0.6 is 0 Å². The smallest absolute Gasteiger partial charge is 0.403 e. The Morgan fingerprint density at radius 2 is 1.58 bits per heavy atom. The van der Waals surface area contributed by atoms with E-state index in [9.17, 15) is 0 Å². The summed E-state index contributed by atoms with van der Waals surface area (Å²) in [6.45, 7) is 10.7. The second-order valence-corrected chi connectivity index (χ2v) is 7.20. The van der Waals surface area contributed by atoms with Crippen LogP contribution in [0.25, 0.3) is 0 Å². The first-order valence-corrected chi connectivity index (χ1v) is 7.84. The molecule has 1 heterocycles. The van der Waals surface area contributed by atoms with E-state index in [0.717, 1.165) is 12.2 Å². The molecule has 2 nitrogen and oxygen atoms in total. The topological polar surface area (TPSA) is 18.5 Å². The van der Waals surface area contributed by atoms with Gasteiger partial charge in [-0.2, -0.15) is 0 Å². The van der Waals surface area contributed by atoms with E-state index in [1.54, 1.807) is 0 Å². The van der Waals surface area contributed by atoms with Gasteiger partial charge in [-0.1, -0.05) is 30.9 Å². The summed E-state index contributed by atoms with van der Waals surface area (Å²) in [5, 5.41) is 0. The highest BCUT2D eigenvalue weighted by atomic mass is 16.7. The van der Waals surface area contributed by atoms with E-state index in [1.807, 2.05) is 0 Å². The number of allylic oxidation sites excluding steroid dienone is 2. The van der Waals surface area contributed by atoms with Crippen LogP contribution in [-0.2, 0) is 9.31 Å². The molecule has 2 fully saturated rings. The molecule has 0 aromatic rings. The molecule has 0 N–H and O–H groups in total. The summed E-state index contributed by atoms with van der Waals surface area (Å²) < 4.78 is 12.1. The molecule has 1 saturated heterocycles. The molecule has 3 heteroatoms. The third kappa shape index (κ3) is 3.43. The van der Waals surface area contributed by atoms with Crippen LogP contribution in [0.4, 0.5) is 0 Å². The molecule has 1 aliphatic heterocycles. The fourth-order valence-corrected chi connectivity index (χ4v) is 3.07. The zero-order valence-electron chi connectivity index (χ0n) is 13.3. The lowest BCUT2D eigenvalue weighted by atomic mass is 9.79. The van der Waals surface area contributed by atoms with Gasteiger partial charge in [0.2, 0.25) is 0 Å². The van der Waals surface area contributed by atoms with Crippen LogP contribution in [-0.4, -0.2) is 18.3 Å². The summed E-state index contributed by atoms with van der Waals surface area (Å²) in [6, 6.07) is 0. The highest BCUT2D eigenvalue weighted by Crippen LogP contribution is 2.38. The van der Waals surface area contributed by atoms with Gasteiger partial charge in [-0.3, -0.25) is 0 Å². The van der Waals surface area contributed by atoms with Crippen molar-refractivity contribution in [1.29, 1.82) is 0 Å². The molecule has 1 saturated carbocycles. The van der Waals surface area contributed by atoms with Gasteiger partial charge in [0.25, 0.3) is 0 Å². The van der Waals surface area contributed by atoms with Crippen LogP contribution < -0.4 is 0 Å². The fraction of sp³-hybridized carbons (Fsp3) is 0.875. The standard InChI is InChI=1S/C16H29BO2/c1-13(14-9-7-6-8-10-14)11-12-17-18-15(2,3)16(4,5)19-17/h11,14H,6-10,12H2,1-5H3/b13-11+. The Bertz CT molecular complexity index is 325. The van der Waals surface area contributed by atoms with Gasteiger partial charge in [0, 0.05) is 6.32 Å². The summed E-state index contributed by atoms with van der Waals surface area (Å²) >= 11 is 0. The largest absolute Gasteiger partial charge is 0.461 e. The van der Waals surface area contributed by atoms with Crippen molar-refractivity contribution in [3.05, 3.63) is 11.6 Å². The Kier molecular flexibility index (Phi) is 4.47. The minimum absolute atomic E-state index is 0.0801. The Balaban J connectivity index is 1.89. The van der Waals surface area contributed by atoms with Gasteiger partial charge >= 0.3 is 7.12 Å². The SMILES string of the molecule is C/C(=C\CB1OC(C)(C)C(C)(C)O1)C1CCCCC1. The maximum Gasteiger partial charge on any atom is 0.461 e. The van der Waals surface area contributed by atoms with Gasteiger partial charge in [-0.15, -0.1) is 0 Å². The van der Waals surface area contributed by atoms with E-state index in [-0.39, 0.29) is 18.3 Å². The van der Waals surface area contributed by atoms with Crippen LogP contribution in [0, 0.1) is 5.92 Å². The van der Waals surface area contributed by atoms with Crippen molar-refractivity contribution in [1.82, 2.24) is 0 Å². The second kappa shape index (κ2) is 5.61. The summed E-state index contributed by atoms with van der Waals surface area (Å²) in [6.07, 6.45) is 10.2.